The Kier molecular flexibility index (Phi) is 16.3. The second-order valence-corrected chi connectivity index (χ2v) is 5.15. The van der Waals surface area contributed by atoms with Crippen LogP contribution in [0.25, 0.3) is 11.1 Å². The molecule has 0 fully saturated rings. The molecule has 2 aromatic carbocycles. The van der Waals surface area contributed by atoms with Crippen LogP contribution in [-0.4, -0.2) is 0 Å². The van der Waals surface area contributed by atoms with Crippen LogP contribution in [0, 0.1) is 13.8 Å². The maximum atomic E-state index is 2.17. The average molecular weight is 301 g/mol. The lowest BCUT2D eigenvalue weighted by Gasteiger charge is -2.02. The molecule has 0 aliphatic rings. The molecule has 0 aromatic heterocycles. The van der Waals surface area contributed by atoms with Crippen LogP contribution < -0.4 is 0 Å². The Bertz CT molecular complexity index is 389. The summed E-state index contributed by atoms with van der Waals surface area (Å²) in [6.45, 7) is 16.7. The van der Waals surface area contributed by atoms with Gasteiger partial charge in [-0.2, -0.15) is 0 Å². The quantitative estimate of drug-likeness (QED) is 0.503. The zero-order chi connectivity index (χ0) is 17.4. The SMILES string of the molecule is CC.CCC.CCC.Cc1ccc(-c2ccc(C)cc2)cc1. The highest BCUT2D eigenvalue weighted by atomic mass is 14.0. The molecule has 0 saturated carbocycles. The van der Waals surface area contributed by atoms with E-state index in [1.165, 1.54) is 35.1 Å². The molecule has 0 spiro atoms. The van der Waals surface area contributed by atoms with Crippen molar-refractivity contribution in [2.45, 2.75) is 68.2 Å². The summed E-state index contributed by atoms with van der Waals surface area (Å²) in [7, 11) is 0. The van der Waals surface area contributed by atoms with Gasteiger partial charge in [0.2, 0.25) is 0 Å². The van der Waals surface area contributed by atoms with Crippen LogP contribution in [0.3, 0.4) is 0 Å². The van der Waals surface area contributed by atoms with E-state index in [1.54, 1.807) is 0 Å². The van der Waals surface area contributed by atoms with E-state index in [2.05, 4.69) is 90.1 Å². The lowest BCUT2D eigenvalue weighted by molar-refractivity contribution is 1.09. The number of hydrogen-bond donors (Lipinski definition) is 0. The standard InChI is InChI=1S/C14H14.2C3H8.C2H6/c1-11-3-7-13(8-4-11)14-9-5-12(2)6-10-14;2*1-3-2;1-2/h3-10H,1-2H3;2*3H2,1-2H3;1-2H3. The zero-order valence-corrected chi connectivity index (χ0v) is 16.0. The van der Waals surface area contributed by atoms with Crippen LogP contribution in [-0.2, 0) is 0 Å². The minimum absolute atomic E-state index is 1.25. The molecule has 0 bridgehead atoms. The van der Waals surface area contributed by atoms with Crippen LogP contribution in [0.4, 0.5) is 0 Å². The van der Waals surface area contributed by atoms with E-state index >= 15 is 0 Å². The number of rotatable bonds is 1. The molecule has 0 saturated heterocycles. The zero-order valence-electron chi connectivity index (χ0n) is 16.0. The lowest BCUT2D eigenvalue weighted by atomic mass is 10.0. The summed E-state index contributed by atoms with van der Waals surface area (Å²) in [6, 6.07) is 17.3. The van der Waals surface area contributed by atoms with Crippen LogP contribution >= 0.6 is 0 Å². The van der Waals surface area contributed by atoms with Crippen molar-refractivity contribution >= 4 is 0 Å². The third kappa shape index (κ3) is 11.1. The van der Waals surface area contributed by atoms with Gasteiger partial charge in [0.25, 0.3) is 0 Å². The molecule has 22 heavy (non-hydrogen) atoms. The Balaban J connectivity index is 0. The van der Waals surface area contributed by atoms with Gasteiger partial charge in [0.1, 0.15) is 0 Å². The minimum Gasteiger partial charge on any atom is -0.0683 e. The topological polar surface area (TPSA) is 0 Å². The molecule has 124 valence electrons. The molecule has 0 nitrogen and oxygen atoms in total. The Morgan fingerprint density at radius 3 is 0.864 bits per heavy atom. The third-order valence-electron chi connectivity index (χ3n) is 2.44. The normalized spacial score (nSPS) is 8.36. The molecule has 0 atom stereocenters. The first-order valence-electron chi connectivity index (χ1n) is 8.72. The highest BCUT2D eigenvalue weighted by Crippen LogP contribution is 2.19. The second-order valence-electron chi connectivity index (χ2n) is 5.15. The first-order valence-corrected chi connectivity index (χ1v) is 8.72. The Labute approximate surface area is 139 Å². The van der Waals surface area contributed by atoms with Crippen molar-refractivity contribution in [3.63, 3.8) is 0 Å². The molecule has 2 aromatic rings. The van der Waals surface area contributed by atoms with Gasteiger partial charge in [-0.05, 0) is 25.0 Å². The molecule has 0 amide bonds. The van der Waals surface area contributed by atoms with Crippen molar-refractivity contribution < 1.29 is 0 Å². The van der Waals surface area contributed by atoms with Gasteiger partial charge in [0.05, 0.1) is 0 Å². The van der Waals surface area contributed by atoms with E-state index in [0.29, 0.717) is 0 Å². The summed E-state index contributed by atoms with van der Waals surface area (Å²) in [6.07, 6.45) is 2.50. The molecule has 2 rings (SSSR count). The average Bonchev–Trinajstić information content (AvgIpc) is 2.53. The van der Waals surface area contributed by atoms with Gasteiger partial charge in [-0.3, -0.25) is 0 Å². The number of aryl methyl sites for hydroxylation is 2. The van der Waals surface area contributed by atoms with E-state index < -0.39 is 0 Å². The molecule has 0 aliphatic carbocycles. The molecule has 0 aliphatic heterocycles. The Morgan fingerprint density at radius 2 is 0.682 bits per heavy atom. The van der Waals surface area contributed by atoms with Crippen LogP contribution in [0.15, 0.2) is 48.5 Å². The fourth-order valence-electron chi connectivity index (χ4n) is 1.49. The van der Waals surface area contributed by atoms with Crippen LogP contribution in [0.1, 0.15) is 65.5 Å². The Morgan fingerprint density at radius 1 is 0.500 bits per heavy atom. The summed E-state index contributed by atoms with van der Waals surface area (Å²) in [4.78, 5) is 0. The van der Waals surface area contributed by atoms with Gasteiger partial charge >= 0.3 is 0 Å². The van der Waals surface area contributed by atoms with Crippen molar-refractivity contribution in [3.8, 4) is 11.1 Å². The van der Waals surface area contributed by atoms with Gasteiger partial charge < -0.3 is 0 Å². The van der Waals surface area contributed by atoms with Crippen molar-refractivity contribution in [1.29, 1.82) is 0 Å². The lowest BCUT2D eigenvalue weighted by Crippen LogP contribution is -1.78. The van der Waals surface area contributed by atoms with Crippen LogP contribution in [0.2, 0.25) is 0 Å². The molecule has 0 unspecified atom stereocenters. The van der Waals surface area contributed by atoms with Crippen molar-refractivity contribution in [2.75, 3.05) is 0 Å². The van der Waals surface area contributed by atoms with Gasteiger partial charge in [0, 0.05) is 0 Å². The molecule has 0 radical (unpaired) electrons. The van der Waals surface area contributed by atoms with E-state index in [0.717, 1.165) is 0 Å². The van der Waals surface area contributed by atoms with E-state index in [-0.39, 0.29) is 0 Å². The van der Waals surface area contributed by atoms with E-state index in [9.17, 15) is 0 Å². The highest BCUT2D eigenvalue weighted by molar-refractivity contribution is 5.63. The molecule has 0 heterocycles. The van der Waals surface area contributed by atoms with Gasteiger partial charge in [-0.1, -0.05) is 114 Å². The molecule has 0 heteroatoms. The van der Waals surface area contributed by atoms with Crippen molar-refractivity contribution in [2.24, 2.45) is 0 Å². The predicted octanol–water partition coefficient (Wildman–Crippen LogP) is 7.83. The van der Waals surface area contributed by atoms with Gasteiger partial charge in [0.15, 0.2) is 0 Å². The first kappa shape index (κ1) is 22.7. The fraction of sp³-hybridized carbons (Fsp3) is 0.455. The highest BCUT2D eigenvalue weighted by Gasteiger charge is 1.95. The largest absolute Gasteiger partial charge is 0.0683 e. The summed E-state index contributed by atoms with van der Waals surface area (Å²) < 4.78 is 0. The molecule has 0 N–H and O–H groups in total. The summed E-state index contributed by atoms with van der Waals surface area (Å²) in [5, 5.41) is 0. The second kappa shape index (κ2) is 15.8. The van der Waals surface area contributed by atoms with Gasteiger partial charge in [-0.25, -0.2) is 0 Å². The van der Waals surface area contributed by atoms with E-state index in [4.69, 9.17) is 0 Å². The fourth-order valence-corrected chi connectivity index (χ4v) is 1.49. The molecular formula is C22H36. The minimum atomic E-state index is 1.25. The smallest absolute Gasteiger partial charge is 0.0184 e. The first-order chi connectivity index (χ1) is 10.6. The van der Waals surface area contributed by atoms with Crippen molar-refractivity contribution in [1.82, 2.24) is 0 Å². The van der Waals surface area contributed by atoms with E-state index in [1.807, 2.05) is 13.8 Å². The maximum Gasteiger partial charge on any atom is -0.0184 e. The van der Waals surface area contributed by atoms with Gasteiger partial charge in [-0.15, -0.1) is 0 Å². The van der Waals surface area contributed by atoms with Crippen LogP contribution in [0.5, 0.6) is 0 Å². The summed E-state index contributed by atoms with van der Waals surface area (Å²) >= 11 is 0. The summed E-state index contributed by atoms with van der Waals surface area (Å²) in [5.74, 6) is 0. The summed E-state index contributed by atoms with van der Waals surface area (Å²) in [5.41, 5.74) is 5.19. The Hall–Kier alpha value is -1.56. The maximum absolute atomic E-state index is 2.17. The number of benzene rings is 2. The monoisotopic (exact) mass is 300 g/mol. The third-order valence-corrected chi connectivity index (χ3v) is 2.44. The number of hydrogen-bond acceptors (Lipinski definition) is 0. The van der Waals surface area contributed by atoms with Crippen molar-refractivity contribution in [3.05, 3.63) is 59.7 Å². The molecular weight excluding hydrogens is 264 g/mol. The predicted molar refractivity (Wildman–Crippen MR) is 105 cm³/mol.